The molecule has 84 valence electrons. The van der Waals surface area contributed by atoms with E-state index in [-0.39, 0.29) is 5.41 Å². The van der Waals surface area contributed by atoms with Crippen molar-refractivity contribution in [1.82, 2.24) is 0 Å². The number of rotatable bonds is 8. The van der Waals surface area contributed by atoms with E-state index >= 15 is 0 Å². The van der Waals surface area contributed by atoms with E-state index < -0.39 is 6.17 Å². The largest absolute Gasteiger partial charge is 0.384 e. The summed E-state index contributed by atoms with van der Waals surface area (Å²) in [5.74, 6) is 0. The van der Waals surface area contributed by atoms with Gasteiger partial charge in [-0.2, -0.15) is 0 Å². The van der Waals surface area contributed by atoms with Crippen molar-refractivity contribution in [2.24, 2.45) is 5.41 Å². The number of hydrogen-bond acceptors (Lipinski definition) is 1. The fourth-order valence-corrected chi connectivity index (χ4v) is 1.71. The minimum absolute atomic E-state index is 0.0433. The number of hydrogen-bond donors (Lipinski definition) is 0. The molecule has 14 heavy (non-hydrogen) atoms. The summed E-state index contributed by atoms with van der Waals surface area (Å²) in [6.07, 6.45) is 4.23. The lowest BCUT2D eigenvalue weighted by molar-refractivity contribution is 0.0577. The summed E-state index contributed by atoms with van der Waals surface area (Å²) in [6.45, 7) is 8.28. The minimum Gasteiger partial charge on any atom is -0.384 e. The van der Waals surface area contributed by atoms with E-state index in [2.05, 4.69) is 13.5 Å². The second-order valence-electron chi connectivity index (χ2n) is 4.28. The molecular formula is C12H23FO. The van der Waals surface area contributed by atoms with E-state index in [4.69, 9.17) is 4.74 Å². The zero-order valence-electron chi connectivity index (χ0n) is 9.68. The van der Waals surface area contributed by atoms with Gasteiger partial charge in [0.15, 0.2) is 0 Å². The third-order valence-corrected chi connectivity index (χ3v) is 2.60. The van der Waals surface area contributed by atoms with Crippen molar-refractivity contribution in [2.45, 2.75) is 45.7 Å². The van der Waals surface area contributed by atoms with Crippen molar-refractivity contribution < 1.29 is 9.13 Å². The van der Waals surface area contributed by atoms with Gasteiger partial charge in [-0.1, -0.05) is 19.9 Å². The van der Waals surface area contributed by atoms with Gasteiger partial charge in [0.1, 0.15) is 6.17 Å². The Labute approximate surface area is 87.3 Å². The number of methoxy groups -OCH3 is 1. The standard InChI is InChI=1S/C12H23FO/c1-5-7-8-12(3,10-14-4)9-11(13)6-2/h5,11H,1,6-10H2,2-4H3/t11-,12-/m1/s1. The Morgan fingerprint density at radius 3 is 2.64 bits per heavy atom. The van der Waals surface area contributed by atoms with E-state index in [9.17, 15) is 4.39 Å². The molecule has 0 radical (unpaired) electrons. The average molecular weight is 202 g/mol. The molecule has 1 nitrogen and oxygen atoms in total. The molecule has 0 aromatic heterocycles. The van der Waals surface area contributed by atoms with Crippen LogP contribution in [0, 0.1) is 5.41 Å². The Bertz CT molecular complexity index is 158. The van der Waals surface area contributed by atoms with Gasteiger partial charge in [-0.3, -0.25) is 0 Å². The molecule has 0 amide bonds. The van der Waals surface area contributed by atoms with Crippen molar-refractivity contribution in [2.75, 3.05) is 13.7 Å². The lowest BCUT2D eigenvalue weighted by Crippen LogP contribution is -2.26. The molecule has 0 fully saturated rings. The maximum atomic E-state index is 13.3. The maximum Gasteiger partial charge on any atom is 0.100 e. The first-order valence-electron chi connectivity index (χ1n) is 5.32. The van der Waals surface area contributed by atoms with Gasteiger partial charge in [-0.05, 0) is 31.1 Å². The molecule has 0 heterocycles. The molecule has 0 bridgehead atoms. The Balaban J connectivity index is 4.14. The first kappa shape index (κ1) is 13.6. The number of alkyl halides is 1. The first-order valence-corrected chi connectivity index (χ1v) is 5.32. The van der Waals surface area contributed by atoms with Crippen molar-refractivity contribution in [3.05, 3.63) is 12.7 Å². The summed E-state index contributed by atoms with van der Waals surface area (Å²) in [5, 5.41) is 0. The summed E-state index contributed by atoms with van der Waals surface area (Å²) in [7, 11) is 1.67. The van der Waals surface area contributed by atoms with Crippen LogP contribution >= 0.6 is 0 Å². The van der Waals surface area contributed by atoms with Gasteiger partial charge in [-0.15, -0.1) is 6.58 Å². The highest BCUT2D eigenvalue weighted by Gasteiger charge is 2.26. The van der Waals surface area contributed by atoms with Crippen molar-refractivity contribution in [3.63, 3.8) is 0 Å². The monoisotopic (exact) mass is 202 g/mol. The quantitative estimate of drug-likeness (QED) is 0.545. The summed E-state index contributed by atoms with van der Waals surface area (Å²) in [5.41, 5.74) is -0.0433. The summed E-state index contributed by atoms with van der Waals surface area (Å²) < 4.78 is 18.4. The zero-order valence-corrected chi connectivity index (χ0v) is 9.68. The first-order chi connectivity index (χ1) is 6.58. The highest BCUT2D eigenvalue weighted by Crippen LogP contribution is 2.31. The van der Waals surface area contributed by atoms with Crippen LogP contribution in [-0.2, 0) is 4.74 Å². The normalized spacial score (nSPS) is 17.4. The van der Waals surface area contributed by atoms with Crippen LogP contribution in [0.5, 0.6) is 0 Å². The fraction of sp³-hybridized carbons (Fsp3) is 0.833. The van der Waals surface area contributed by atoms with Crippen LogP contribution in [0.4, 0.5) is 4.39 Å². The summed E-state index contributed by atoms with van der Waals surface area (Å²) in [4.78, 5) is 0. The highest BCUT2D eigenvalue weighted by atomic mass is 19.1. The van der Waals surface area contributed by atoms with Crippen molar-refractivity contribution in [3.8, 4) is 0 Å². The van der Waals surface area contributed by atoms with Gasteiger partial charge in [0.25, 0.3) is 0 Å². The van der Waals surface area contributed by atoms with Gasteiger partial charge in [-0.25, -0.2) is 4.39 Å². The van der Waals surface area contributed by atoms with Crippen molar-refractivity contribution in [1.29, 1.82) is 0 Å². The second-order valence-corrected chi connectivity index (χ2v) is 4.28. The summed E-state index contributed by atoms with van der Waals surface area (Å²) in [6, 6.07) is 0. The molecule has 0 spiro atoms. The van der Waals surface area contributed by atoms with Gasteiger partial charge in [0, 0.05) is 7.11 Å². The molecule has 0 saturated heterocycles. The molecule has 0 aliphatic carbocycles. The van der Waals surface area contributed by atoms with E-state index in [1.165, 1.54) is 0 Å². The SMILES string of the molecule is C=CCC[C@@](C)(COC)C[C@H](F)CC. The molecule has 0 N–H and O–H groups in total. The molecule has 0 unspecified atom stereocenters. The Morgan fingerprint density at radius 1 is 1.57 bits per heavy atom. The van der Waals surface area contributed by atoms with E-state index in [0.717, 1.165) is 12.8 Å². The van der Waals surface area contributed by atoms with Crippen LogP contribution in [0.15, 0.2) is 12.7 Å². The molecule has 2 heteroatoms. The number of halogens is 1. The average Bonchev–Trinajstić information content (AvgIpc) is 2.15. The number of ether oxygens (including phenoxy) is 1. The van der Waals surface area contributed by atoms with E-state index in [1.54, 1.807) is 7.11 Å². The third-order valence-electron chi connectivity index (χ3n) is 2.60. The van der Waals surface area contributed by atoms with Gasteiger partial charge >= 0.3 is 0 Å². The molecule has 0 aromatic rings. The second kappa shape index (κ2) is 6.99. The van der Waals surface area contributed by atoms with Gasteiger partial charge in [0.05, 0.1) is 6.61 Å². The minimum atomic E-state index is -0.708. The Morgan fingerprint density at radius 2 is 2.21 bits per heavy atom. The zero-order chi connectivity index (χ0) is 11.0. The van der Waals surface area contributed by atoms with Crippen LogP contribution in [0.1, 0.15) is 39.5 Å². The lowest BCUT2D eigenvalue weighted by Gasteiger charge is -2.29. The molecule has 0 aliphatic rings. The van der Waals surface area contributed by atoms with E-state index in [1.807, 2.05) is 13.0 Å². The van der Waals surface area contributed by atoms with Crippen LogP contribution in [-0.4, -0.2) is 19.9 Å². The highest BCUT2D eigenvalue weighted by molar-refractivity contribution is 4.81. The van der Waals surface area contributed by atoms with Gasteiger partial charge in [0.2, 0.25) is 0 Å². The van der Waals surface area contributed by atoms with Crippen LogP contribution in [0.25, 0.3) is 0 Å². The smallest absolute Gasteiger partial charge is 0.100 e. The predicted molar refractivity (Wildman–Crippen MR) is 59.2 cm³/mol. The van der Waals surface area contributed by atoms with Crippen LogP contribution in [0.3, 0.4) is 0 Å². The van der Waals surface area contributed by atoms with Gasteiger partial charge < -0.3 is 4.74 Å². The molecule has 0 saturated carbocycles. The van der Waals surface area contributed by atoms with Crippen LogP contribution < -0.4 is 0 Å². The molecule has 0 aromatic carbocycles. The Hall–Kier alpha value is -0.370. The third kappa shape index (κ3) is 5.38. The summed E-state index contributed by atoms with van der Waals surface area (Å²) >= 11 is 0. The topological polar surface area (TPSA) is 9.23 Å². The molecule has 0 rings (SSSR count). The molecule has 0 aliphatic heterocycles. The lowest BCUT2D eigenvalue weighted by atomic mass is 9.81. The Kier molecular flexibility index (Phi) is 6.81. The molecular weight excluding hydrogens is 179 g/mol. The predicted octanol–water partition coefficient (Wildman–Crippen LogP) is 3.74. The van der Waals surface area contributed by atoms with E-state index in [0.29, 0.717) is 19.4 Å². The number of allylic oxidation sites excluding steroid dienone is 1. The molecule has 2 atom stereocenters. The maximum absolute atomic E-state index is 13.3. The van der Waals surface area contributed by atoms with Crippen molar-refractivity contribution >= 4 is 0 Å². The van der Waals surface area contributed by atoms with Crippen LogP contribution in [0.2, 0.25) is 0 Å². The fourth-order valence-electron chi connectivity index (χ4n) is 1.71.